The predicted octanol–water partition coefficient (Wildman–Crippen LogP) is 0.796. The molecular formula is C18H18N2O6. The highest BCUT2D eigenvalue weighted by Crippen LogP contribution is 2.53. The Morgan fingerprint density at radius 2 is 1.65 bits per heavy atom. The normalized spacial score (nSPS) is 31.4. The lowest BCUT2D eigenvalue weighted by atomic mass is 9.85. The molecule has 26 heavy (non-hydrogen) atoms. The monoisotopic (exact) mass is 358 g/mol. The molecular weight excluding hydrogens is 340 g/mol. The average Bonchev–Trinajstić information content (AvgIpc) is 3.31. The van der Waals surface area contributed by atoms with Crippen LogP contribution < -0.4 is 0 Å². The van der Waals surface area contributed by atoms with Crippen LogP contribution in [0.2, 0.25) is 0 Å². The first-order valence-corrected chi connectivity index (χ1v) is 8.52. The minimum absolute atomic E-state index is 0.0438. The number of benzene rings is 1. The Balaban J connectivity index is 1.60. The third kappa shape index (κ3) is 2.29. The molecule has 0 radical (unpaired) electrons. The number of rotatable bonds is 5. The Morgan fingerprint density at radius 3 is 2.12 bits per heavy atom. The number of allylic oxidation sites excluding steroid dienone is 2. The van der Waals surface area contributed by atoms with Crippen LogP contribution in [0.4, 0.5) is 5.69 Å². The number of hydrogen-bond acceptors (Lipinski definition) is 6. The lowest BCUT2D eigenvalue weighted by Crippen LogP contribution is -2.47. The first-order chi connectivity index (χ1) is 12.4. The lowest BCUT2D eigenvalue weighted by molar-refractivity contribution is -0.384. The molecule has 2 N–H and O–H groups in total. The maximum atomic E-state index is 12.8. The second-order valence-corrected chi connectivity index (χ2v) is 7.09. The Morgan fingerprint density at radius 1 is 1.12 bits per heavy atom. The molecule has 0 aromatic heterocycles. The maximum Gasteiger partial charge on any atom is 0.269 e. The summed E-state index contributed by atoms with van der Waals surface area (Å²) < 4.78 is 0. The third-order valence-corrected chi connectivity index (χ3v) is 5.83. The number of non-ortho nitro benzene ring substituents is 1. The molecule has 8 nitrogen and oxygen atoms in total. The van der Waals surface area contributed by atoms with Gasteiger partial charge in [-0.1, -0.05) is 12.2 Å². The number of fused-ring (bicyclic) bond motifs is 5. The van der Waals surface area contributed by atoms with Crippen molar-refractivity contribution in [3.63, 3.8) is 0 Å². The van der Waals surface area contributed by atoms with Crippen LogP contribution in [0.1, 0.15) is 18.1 Å². The van der Waals surface area contributed by atoms with Crippen molar-refractivity contribution in [2.45, 2.75) is 18.6 Å². The van der Waals surface area contributed by atoms with Crippen LogP contribution in [-0.2, 0) is 9.59 Å². The standard InChI is InChI=1S/C18H18N2O6/c21-8-13(16(22)9-3-5-12(6-4-9)20(25)26)19-17(23)14-10-1-2-11(7-10)15(14)18(19)24/h1-6,10-11,13-16,21-22H,7-8H2/t10-,11+,13-,14-,15-,16-/m0/s1. The number of imide groups is 1. The molecule has 1 saturated carbocycles. The van der Waals surface area contributed by atoms with Gasteiger partial charge >= 0.3 is 0 Å². The summed E-state index contributed by atoms with van der Waals surface area (Å²) in [4.78, 5) is 36.8. The molecule has 136 valence electrons. The second-order valence-electron chi connectivity index (χ2n) is 7.09. The molecule has 0 spiro atoms. The number of aliphatic hydroxyl groups is 2. The third-order valence-electron chi connectivity index (χ3n) is 5.83. The fourth-order valence-corrected chi connectivity index (χ4v) is 4.59. The molecule has 6 atom stereocenters. The van der Waals surface area contributed by atoms with E-state index < -0.39 is 35.5 Å². The number of nitrogens with zero attached hydrogens (tertiary/aromatic N) is 2. The van der Waals surface area contributed by atoms with Crippen LogP contribution in [0.25, 0.3) is 0 Å². The number of nitro groups is 1. The fraction of sp³-hybridized carbons (Fsp3) is 0.444. The highest BCUT2D eigenvalue weighted by atomic mass is 16.6. The van der Waals surface area contributed by atoms with Gasteiger partial charge < -0.3 is 10.2 Å². The van der Waals surface area contributed by atoms with Gasteiger partial charge in [-0.25, -0.2) is 0 Å². The van der Waals surface area contributed by atoms with E-state index in [0.29, 0.717) is 5.56 Å². The van der Waals surface area contributed by atoms with Crippen molar-refractivity contribution in [3.05, 3.63) is 52.1 Å². The summed E-state index contributed by atoms with van der Waals surface area (Å²) in [6.07, 6.45) is 3.43. The van der Waals surface area contributed by atoms with E-state index in [4.69, 9.17) is 0 Å². The molecule has 1 heterocycles. The van der Waals surface area contributed by atoms with Gasteiger partial charge in [0, 0.05) is 12.1 Å². The van der Waals surface area contributed by atoms with E-state index in [1.807, 2.05) is 12.2 Å². The largest absolute Gasteiger partial charge is 0.394 e. The molecule has 2 fully saturated rings. The van der Waals surface area contributed by atoms with Gasteiger partial charge in [0.05, 0.1) is 29.4 Å². The van der Waals surface area contributed by atoms with Crippen LogP contribution in [0.5, 0.6) is 0 Å². The summed E-state index contributed by atoms with van der Waals surface area (Å²) in [5, 5.41) is 31.1. The predicted molar refractivity (Wildman–Crippen MR) is 88.5 cm³/mol. The number of likely N-dealkylation sites (tertiary alicyclic amines) is 1. The first-order valence-electron chi connectivity index (χ1n) is 8.52. The average molecular weight is 358 g/mol. The van der Waals surface area contributed by atoms with Crippen LogP contribution in [-0.4, -0.2) is 44.5 Å². The molecule has 0 unspecified atom stereocenters. The van der Waals surface area contributed by atoms with Gasteiger partial charge in [-0.05, 0) is 36.0 Å². The molecule has 2 bridgehead atoms. The van der Waals surface area contributed by atoms with E-state index in [-0.39, 0.29) is 29.3 Å². The van der Waals surface area contributed by atoms with Gasteiger partial charge in [-0.3, -0.25) is 24.6 Å². The quantitative estimate of drug-likeness (QED) is 0.347. The second kappa shape index (κ2) is 6.00. The zero-order valence-electron chi connectivity index (χ0n) is 13.8. The molecule has 1 aromatic carbocycles. The Hall–Kier alpha value is -2.58. The van der Waals surface area contributed by atoms with E-state index in [9.17, 15) is 29.9 Å². The van der Waals surface area contributed by atoms with E-state index in [2.05, 4.69) is 0 Å². The molecule has 1 saturated heterocycles. The topological polar surface area (TPSA) is 121 Å². The van der Waals surface area contributed by atoms with Crippen molar-refractivity contribution in [3.8, 4) is 0 Å². The van der Waals surface area contributed by atoms with Crippen molar-refractivity contribution >= 4 is 17.5 Å². The molecule has 1 aliphatic heterocycles. The van der Waals surface area contributed by atoms with Crippen LogP contribution in [0.3, 0.4) is 0 Å². The van der Waals surface area contributed by atoms with E-state index in [1.165, 1.54) is 24.3 Å². The van der Waals surface area contributed by atoms with Gasteiger partial charge in [0.25, 0.3) is 5.69 Å². The Kier molecular flexibility index (Phi) is 3.89. The molecule has 1 aromatic rings. The Bertz CT molecular complexity index is 774. The van der Waals surface area contributed by atoms with E-state index >= 15 is 0 Å². The number of nitro benzene ring substituents is 1. The minimum Gasteiger partial charge on any atom is -0.394 e. The number of hydrogen-bond donors (Lipinski definition) is 2. The molecule has 8 heteroatoms. The zero-order chi connectivity index (χ0) is 18.6. The molecule has 2 aliphatic carbocycles. The first kappa shape index (κ1) is 16.9. The summed E-state index contributed by atoms with van der Waals surface area (Å²) in [6, 6.07) is 4.09. The number of carbonyl (C=O) groups is 2. The van der Waals surface area contributed by atoms with Gasteiger partial charge in [0.2, 0.25) is 11.8 Å². The van der Waals surface area contributed by atoms with Crippen molar-refractivity contribution in [2.24, 2.45) is 23.7 Å². The smallest absolute Gasteiger partial charge is 0.269 e. The van der Waals surface area contributed by atoms with Crippen molar-refractivity contribution in [1.29, 1.82) is 0 Å². The van der Waals surface area contributed by atoms with Crippen LogP contribution in [0.15, 0.2) is 36.4 Å². The van der Waals surface area contributed by atoms with Gasteiger partial charge in [0.15, 0.2) is 0 Å². The highest BCUT2D eigenvalue weighted by molar-refractivity contribution is 6.06. The fourth-order valence-electron chi connectivity index (χ4n) is 4.59. The van der Waals surface area contributed by atoms with Crippen LogP contribution in [0, 0.1) is 33.8 Å². The van der Waals surface area contributed by atoms with Gasteiger partial charge in [-0.15, -0.1) is 0 Å². The van der Waals surface area contributed by atoms with Gasteiger partial charge in [-0.2, -0.15) is 0 Å². The van der Waals surface area contributed by atoms with E-state index in [1.54, 1.807) is 0 Å². The van der Waals surface area contributed by atoms with Crippen molar-refractivity contribution in [1.82, 2.24) is 4.90 Å². The Labute approximate surface area is 148 Å². The van der Waals surface area contributed by atoms with Crippen LogP contribution >= 0.6 is 0 Å². The summed E-state index contributed by atoms with van der Waals surface area (Å²) >= 11 is 0. The highest BCUT2D eigenvalue weighted by Gasteiger charge is 2.60. The minimum atomic E-state index is -1.32. The lowest BCUT2D eigenvalue weighted by Gasteiger charge is -2.30. The van der Waals surface area contributed by atoms with E-state index in [0.717, 1.165) is 11.3 Å². The molecule has 2 amide bonds. The van der Waals surface area contributed by atoms with Gasteiger partial charge in [0.1, 0.15) is 6.10 Å². The van der Waals surface area contributed by atoms with Crippen molar-refractivity contribution in [2.75, 3.05) is 6.61 Å². The molecule has 3 aliphatic rings. The summed E-state index contributed by atoms with van der Waals surface area (Å²) in [5.41, 5.74) is 0.167. The summed E-state index contributed by atoms with van der Waals surface area (Å²) in [6.45, 7) is -0.585. The SMILES string of the molecule is O=C1[C@@H]2[C@@H](C(=O)N1[C@@H](CO)[C@@H](O)c1ccc([N+](=O)[O-])cc1)[C@H]1C=C[C@@H]2C1. The number of carbonyl (C=O) groups excluding carboxylic acids is 2. The summed E-state index contributed by atoms with van der Waals surface area (Å²) in [7, 11) is 0. The maximum absolute atomic E-state index is 12.8. The van der Waals surface area contributed by atoms with Crippen molar-refractivity contribution < 1.29 is 24.7 Å². The number of aliphatic hydroxyl groups excluding tert-OH is 2. The zero-order valence-corrected chi connectivity index (χ0v) is 13.8. The molecule has 4 rings (SSSR count). The number of amides is 2. The summed E-state index contributed by atoms with van der Waals surface area (Å²) in [5.74, 6) is -1.43.